The minimum atomic E-state index is -3.79. The molecule has 5 rings (SSSR count). The van der Waals surface area contributed by atoms with Gasteiger partial charge in [0.15, 0.2) is 0 Å². The zero-order valence-corrected chi connectivity index (χ0v) is 19.1. The molecule has 2 aromatic carbocycles. The van der Waals surface area contributed by atoms with E-state index >= 15 is 0 Å². The summed E-state index contributed by atoms with van der Waals surface area (Å²) in [7, 11) is -3.79. The Kier molecular flexibility index (Phi) is 5.94. The van der Waals surface area contributed by atoms with Crippen LogP contribution in [-0.4, -0.2) is 37.1 Å². The lowest BCUT2D eigenvalue weighted by molar-refractivity contribution is 0.0869. The number of thiophene rings is 1. The van der Waals surface area contributed by atoms with Gasteiger partial charge in [-0.25, -0.2) is 8.42 Å². The highest BCUT2D eigenvalue weighted by Gasteiger charge is 2.28. The van der Waals surface area contributed by atoms with E-state index in [-0.39, 0.29) is 23.9 Å². The Bertz CT molecular complexity index is 1460. The average molecular weight is 484 g/mol. The normalized spacial score (nSPS) is 13.2. The molecule has 0 saturated carbocycles. The second kappa shape index (κ2) is 9.03. The highest BCUT2D eigenvalue weighted by atomic mass is 32.2. The molecule has 0 unspecified atom stereocenters. The molecule has 0 bridgehead atoms. The molecule has 1 atom stereocenters. The number of aliphatic hydroxyl groups is 1. The molecule has 0 aliphatic rings. The number of para-hydroxylation sites is 1. The molecule has 5 aromatic rings. The lowest BCUT2D eigenvalue weighted by Gasteiger charge is -2.23. The van der Waals surface area contributed by atoms with E-state index < -0.39 is 16.1 Å². The number of hydrogen-bond donors (Lipinski definition) is 1. The van der Waals surface area contributed by atoms with Crippen LogP contribution in [0.15, 0.2) is 91.4 Å². The van der Waals surface area contributed by atoms with Crippen molar-refractivity contribution in [3.05, 3.63) is 84.1 Å². The van der Waals surface area contributed by atoms with Crippen LogP contribution in [-0.2, 0) is 16.6 Å². The number of furan rings is 2. The van der Waals surface area contributed by atoms with Gasteiger partial charge in [0.1, 0.15) is 39.6 Å². The molecule has 170 valence electrons. The molecule has 3 heterocycles. The smallest absolute Gasteiger partial charge is 0.253 e. The van der Waals surface area contributed by atoms with Crippen LogP contribution < -0.4 is 4.74 Å². The van der Waals surface area contributed by atoms with Crippen molar-refractivity contribution in [1.82, 2.24) is 4.31 Å². The Labute approximate surface area is 194 Å². The second-order valence-electron chi connectivity index (χ2n) is 7.53. The zero-order chi connectivity index (χ0) is 22.8. The molecule has 0 amide bonds. The van der Waals surface area contributed by atoms with Crippen LogP contribution in [0, 0.1) is 0 Å². The van der Waals surface area contributed by atoms with Gasteiger partial charge in [0.25, 0.3) is 10.0 Å². The van der Waals surface area contributed by atoms with Crippen LogP contribution in [0.4, 0.5) is 0 Å². The first kappa shape index (κ1) is 21.7. The lowest BCUT2D eigenvalue weighted by Crippen LogP contribution is -2.39. The Hall–Kier alpha value is -3.11. The third-order valence-electron chi connectivity index (χ3n) is 5.21. The third kappa shape index (κ3) is 4.53. The summed E-state index contributed by atoms with van der Waals surface area (Å²) < 4.78 is 44.5. The Morgan fingerprint density at radius 3 is 2.64 bits per heavy atom. The molecule has 3 aromatic heterocycles. The van der Waals surface area contributed by atoms with Gasteiger partial charge in [-0.3, -0.25) is 0 Å². The summed E-state index contributed by atoms with van der Waals surface area (Å²) in [5.41, 5.74) is 1.47. The van der Waals surface area contributed by atoms with E-state index in [1.807, 2.05) is 30.3 Å². The highest BCUT2D eigenvalue weighted by Crippen LogP contribution is 2.31. The third-order valence-corrected chi connectivity index (χ3v) is 8.39. The molecule has 0 spiro atoms. The largest absolute Gasteiger partial charge is 0.491 e. The Morgan fingerprint density at radius 1 is 1.00 bits per heavy atom. The van der Waals surface area contributed by atoms with Crippen LogP contribution in [0.25, 0.3) is 21.9 Å². The fraction of sp³-hybridized carbons (Fsp3) is 0.167. The molecule has 9 heteroatoms. The van der Waals surface area contributed by atoms with Gasteiger partial charge in [-0.15, -0.1) is 11.3 Å². The average Bonchev–Trinajstić information content (AvgIpc) is 3.58. The van der Waals surface area contributed by atoms with Crippen LogP contribution in [0.5, 0.6) is 5.75 Å². The number of rotatable bonds is 9. The van der Waals surface area contributed by atoms with Crippen molar-refractivity contribution in [2.75, 3.05) is 13.2 Å². The van der Waals surface area contributed by atoms with E-state index in [9.17, 15) is 13.5 Å². The molecule has 1 N–H and O–H groups in total. The number of benzene rings is 2. The highest BCUT2D eigenvalue weighted by molar-refractivity contribution is 7.91. The number of aliphatic hydroxyl groups excluding tert-OH is 1. The monoisotopic (exact) mass is 483 g/mol. The lowest BCUT2D eigenvalue weighted by atomic mass is 10.1. The van der Waals surface area contributed by atoms with Gasteiger partial charge in [-0.05, 0) is 41.8 Å². The van der Waals surface area contributed by atoms with E-state index in [0.717, 1.165) is 27.7 Å². The summed E-state index contributed by atoms with van der Waals surface area (Å²) in [5.74, 6) is 1.01. The molecular formula is C24H21NO6S2. The van der Waals surface area contributed by atoms with Crippen molar-refractivity contribution in [2.45, 2.75) is 16.9 Å². The van der Waals surface area contributed by atoms with Crippen molar-refractivity contribution in [3.8, 4) is 5.75 Å². The Morgan fingerprint density at radius 2 is 1.85 bits per heavy atom. The maximum atomic E-state index is 13.1. The summed E-state index contributed by atoms with van der Waals surface area (Å²) in [6, 6.07) is 19.9. The van der Waals surface area contributed by atoms with Crippen LogP contribution in [0.2, 0.25) is 0 Å². The number of hydrogen-bond acceptors (Lipinski definition) is 7. The van der Waals surface area contributed by atoms with E-state index in [1.54, 1.807) is 41.8 Å². The van der Waals surface area contributed by atoms with Gasteiger partial charge in [0.05, 0.1) is 12.8 Å². The maximum Gasteiger partial charge on any atom is 0.253 e. The van der Waals surface area contributed by atoms with E-state index in [4.69, 9.17) is 13.6 Å². The van der Waals surface area contributed by atoms with Gasteiger partial charge in [0.2, 0.25) is 0 Å². The molecule has 0 aliphatic carbocycles. The van der Waals surface area contributed by atoms with Gasteiger partial charge < -0.3 is 18.7 Å². The first-order chi connectivity index (χ1) is 16.0. The first-order valence-electron chi connectivity index (χ1n) is 10.3. The second-order valence-corrected chi connectivity index (χ2v) is 10.6. The van der Waals surface area contributed by atoms with Crippen molar-refractivity contribution in [3.63, 3.8) is 0 Å². The molecule has 33 heavy (non-hydrogen) atoms. The van der Waals surface area contributed by atoms with Crippen molar-refractivity contribution in [1.29, 1.82) is 0 Å². The number of ether oxygens (including phenoxy) is 1. The maximum absolute atomic E-state index is 13.1. The summed E-state index contributed by atoms with van der Waals surface area (Å²) in [4.78, 5) is 0. The molecule has 0 fully saturated rings. The van der Waals surface area contributed by atoms with Crippen LogP contribution in [0.1, 0.15) is 5.76 Å². The number of fused-ring (bicyclic) bond motifs is 3. The SMILES string of the molecule is O=S(=O)(c1cccs1)N(Cc1ccco1)C[C@H](O)COc1ccc2c(c1)oc1ccccc12. The summed E-state index contributed by atoms with van der Waals surface area (Å²) in [6.07, 6.45) is 0.431. The minimum Gasteiger partial charge on any atom is -0.491 e. The fourth-order valence-corrected chi connectivity index (χ4v) is 6.23. The molecular weight excluding hydrogens is 462 g/mol. The molecule has 0 aliphatic heterocycles. The van der Waals surface area contributed by atoms with E-state index in [0.29, 0.717) is 17.1 Å². The van der Waals surface area contributed by atoms with Gasteiger partial charge in [-0.1, -0.05) is 24.3 Å². The van der Waals surface area contributed by atoms with Gasteiger partial charge in [-0.2, -0.15) is 4.31 Å². The number of sulfonamides is 1. The predicted molar refractivity (Wildman–Crippen MR) is 126 cm³/mol. The molecule has 0 saturated heterocycles. The topological polar surface area (TPSA) is 93.1 Å². The Balaban J connectivity index is 1.30. The van der Waals surface area contributed by atoms with E-state index in [2.05, 4.69) is 0 Å². The van der Waals surface area contributed by atoms with Gasteiger partial charge >= 0.3 is 0 Å². The first-order valence-corrected chi connectivity index (χ1v) is 12.6. The van der Waals surface area contributed by atoms with Crippen molar-refractivity contribution in [2.24, 2.45) is 0 Å². The van der Waals surface area contributed by atoms with Gasteiger partial charge in [0, 0.05) is 23.4 Å². The van der Waals surface area contributed by atoms with Crippen molar-refractivity contribution < 1.29 is 27.1 Å². The summed E-state index contributed by atoms with van der Waals surface area (Å²) in [6.45, 7) is -0.219. The number of nitrogens with zero attached hydrogens (tertiary/aromatic N) is 1. The quantitative estimate of drug-likeness (QED) is 0.321. The predicted octanol–water partition coefficient (Wildman–Crippen LogP) is 4.87. The summed E-state index contributed by atoms with van der Waals surface area (Å²) >= 11 is 1.13. The fourth-order valence-electron chi connectivity index (χ4n) is 3.64. The molecule has 0 radical (unpaired) electrons. The summed E-state index contributed by atoms with van der Waals surface area (Å²) in [5, 5.41) is 14.3. The zero-order valence-electron chi connectivity index (χ0n) is 17.5. The van der Waals surface area contributed by atoms with Crippen LogP contribution >= 0.6 is 11.3 Å². The van der Waals surface area contributed by atoms with E-state index in [1.165, 1.54) is 10.6 Å². The van der Waals surface area contributed by atoms with Crippen LogP contribution in [0.3, 0.4) is 0 Å². The minimum absolute atomic E-state index is 0.00916. The standard InChI is InChI=1S/C24H21NO6S2/c26-17(14-25(15-19-5-3-11-29-19)33(27,28)24-8-4-12-32-24)16-30-18-9-10-21-20-6-1-2-7-22(20)31-23(21)13-18/h1-13,17,26H,14-16H2/t17-/m0/s1. The van der Waals surface area contributed by atoms with Crippen molar-refractivity contribution >= 4 is 43.3 Å². The molecule has 7 nitrogen and oxygen atoms in total.